The summed E-state index contributed by atoms with van der Waals surface area (Å²) >= 11 is 1.52. The van der Waals surface area contributed by atoms with E-state index < -0.39 is 11.4 Å². The summed E-state index contributed by atoms with van der Waals surface area (Å²) in [7, 11) is 2.68. The van der Waals surface area contributed by atoms with Crippen molar-refractivity contribution in [2.45, 2.75) is 11.4 Å². The summed E-state index contributed by atoms with van der Waals surface area (Å²) in [6.45, 7) is 4.77. The first kappa shape index (κ1) is 24.0. The summed E-state index contributed by atoms with van der Waals surface area (Å²) in [5.74, 6) is -1.66. The fraction of sp³-hybridized carbons (Fsp3) is 0.409. The highest BCUT2D eigenvalue weighted by Crippen LogP contribution is 2.32. The van der Waals surface area contributed by atoms with E-state index >= 15 is 0 Å². The molecule has 2 aromatic heterocycles. The van der Waals surface area contributed by atoms with E-state index in [1.54, 1.807) is 12.7 Å². The molecule has 5 rings (SSSR count). The Labute approximate surface area is 208 Å². The van der Waals surface area contributed by atoms with Crippen LogP contribution in [-0.2, 0) is 5.50 Å². The molecule has 0 bridgehead atoms. The summed E-state index contributed by atoms with van der Waals surface area (Å²) < 4.78 is 10.8. The van der Waals surface area contributed by atoms with Crippen LogP contribution >= 0.6 is 11.5 Å². The summed E-state index contributed by atoms with van der Waals surface area (Å²) in [6, 6.07) is 9.66. The Kier molecular flexibility index (Phi) is 6.22. The molecule has 1 saturated heterocycles. The second kappa shape index (κ2) is 9.07. The Morgan fingerprint density at radius 2 is 1.91 bits per heavy atom. The van der Waals surface area contributed by atoms with Gasteiger partial charge in [0.15, 0.2) is 7.85 Å². The van der Waals surface area contributed by atoms with E-state index in [2.05, 4.69) is 31.3 Å². The molecule has 13 heteroatoms. The number of rotatable bonds is 6. The average Bonchev–Trinajstić information content (AvgIpc) is 3.24. The van der Waals surface area contributed by atoms with Crippen LogP contribution in [0, 0.1) is 0 Å². The number of ether oxygens (including phenoxy) is 1. The lowest BCUT2D eigenvalue weighted by molar-refractivity contribution is -0.225. The number of hydrogen-bond acceptors (Lipinski definition) is 10. The number of nitrogens with zero attached hydrogens (tertiary/aromatic N) is 5. The molecule has 2 aliphatic heterocycles. The van der Waals surface area contributed by atoms with Crippen molar-refractivity contribution in [1.29, 1.82) is 0 Å². The van der Waals surface area contributed by atoms with Crippen LogP contribution in [0.15, 0.2) is 36.5 Å². The number of pyridine rings is 1. The van der Waals surface area contributed by atoms with Crippen LogP contribution in [0.25, 0.3) is 10.1 Å². The van der Waals surface area contributed by atoms with E-state index in [1.807, 2.05) is 12.1 Å². The van der Waals surface area contributed by atoms with Crippen LogP contribution in [-0.4, -0.2) is 108 Å². The summed E-state index contributed by atoms with van der Waals surface area (Å²) in [5, 5.41) is 31.2. The smallest absolute Gasteiger partial charge is 0.268 e. The number of carbonyl (C=O) groups is 1. The van der Waals surface area contributed by atoms with Gasteiger partial charge in [-0.2, -0.15) is 4.37 Å². The normalized spacial score (nSPS) is 21.4. The fourth-order valence-electron chi connectivity index (χ4n) is 4.73. The third-order valence-corrected chi connectivity index (χ3v) is 7.31. The molecular weight excluding hydrogens is 468 g/mol. The van der Waals surface area contributed by atoms with E-state index in [-0.39, 0.29) is 23.9 Å². The highest BCUT2D eigenvalue weighted by atomic mass is 32.1. The molecule has 1 amide bonds. The van der Waals surface area contributed by atoms with Gasteiger partial charge in [-0.1, -0.05) is 12.1 Å². The molecule has 3 aromatic rings. The zero-order valence-electron chi connectivity index (χ0n) is 19.7. The van der Waals surface area contributed by atoms with Crippen LogP contribution < -0.4 is 9.64 Å². The standard InChI is InChI=1S/C22H27B2N5O5S/c23-21(31)13-29(20(30)15-12-25-18(11-16(15)21)34-22(24,32)33)10-7-27-5-8-28(9-6-27)19-14-3-1-2-4-17(14)35-26-19/h1-4,11-12,31-33H,5-10,13,23-24H2. The highest BCUT2D eigenvalue weighted by Gasteiger charge is 2.39. The minimum absolute atomic E-state index is 0.0801. The van der Waals surface area contributed by atoms with Crippen LogP contribution in [0.1, 0.15) is 15.9 Å². The molecule has 0 saturated carbocycles. The summed E-state index contributed by atoms with van der Waals surface area (Å²) in [4.78, 5) is 23.4. The first-order valence-electron chi connectivity index (χ1n) is 11.6. The van der Waals surface area contributed by atoms with Gasteiger partial charge in [0.25, 0.3) is 11.8 Å². The number of fused-ring (bicyclic) bond motifs is 2. The monoisotopic (exact) mass is 495 g/mol. The van der Waals surface area contributed by atoms with Gasteiger partial charge in [0.2, 0.25) is 13.7 Å². The average molecular weight is 495 g/mol. The van der Waals surface area contributed by atoms with Crippen molar-refractivity contribution in [3.05, 3.63) is 47.7 Å². The first-order valence-corrected chi connectivity index (χ1v) is 12.4. The zero-order valence-corrected chi connectivity index (χ0v) is 20.5. The van der Waals surface area contributed by atoms with Gasteiger partial charge in [0, 0.05) is 63.5 Å². The van der Waals surface area contributed by atoms with Crippen molar-refractivity contribution >= 4 is 49.0 Å². The maximum Gasteiger partial charge on any atom is 0.268 e. The van der Waals surface area contributed by atoms with Gasteiger partial charge in [-0.05, 0) is 29.2 Å². The van der Waals surface area contributed by atoms with Crippen molar-refractivity contribution in [3.63, 3.8) is 0 Å². The van der Waals surface area contributed by atoms with E-state index in [0.29, 0.717) is 18.7 Å². The SMILES string of the molecule is BC(O)(O)Oc1cc2c(cn1)C(=O)N(CCN1CCN(c3nsc4ccccc34)CC1)CC2(B)O. The first-order chi connectivity index (χ1) is 16.6. The van der Waals surface area contributed by atoms with Crippen LogP contribution in [0.4, 0.5) is 5.82 Å². The minimum atomic E-state index is -2.41. The number of piperazine rings is 1. The van der Waals surface area contributed by atoms with E-state index in [1.165, 1.54) is 33.9 Å². The van der Waals surface area contributed by atoms with E-state index in [4.69, 9.17) is 4.74 Å². The fourth-order valence-corrected chi connectivity index (χ4v) is 5.53. The number of aliphatic hydroxyl groups is 3. The quantitative estimate of drug-likeness (QED) is 0.273. The minimum Gasteiger partial charge on any atom is -0.431 e. The van der Waals surface area contributed by atoms with Crippen molar-refractivity contribution in [2.75, 3.05) is 50.7 Å². The zero-order chi connectivity index (χ0) is 24.8. The van der Waals surface area contributed by atoms with Crippen LogP contribution in [0.5, 0.6) is 5.88 Å². The van der Waals surface area contributed by atoms with Gasteiger partial charge in [-0.25, -0.2) is 4.98 Å². The van der Waals surface area contributed by atoms with Crippen molar-refractivity contribution in [1.82, 2.24) is 19.2 Å². The number of benzene rings is 1. The lowest BCUT2D eigenvalue weighted by Crippen LogP contribution is -2.53. The lowest BCUT2D eigenvalue weighted by atomic mass is 9.71. The lowest BCUT2D eigenvalue weighted by Gasteiger charge is -2.40. The Bertz CT molecular complexity index is 1240. The molecule has 4 heterocycles. The topological polar surface area (TPSA) is 122 Å². The molecule has 0 spiro atoms. The number of β-amino-alcohol motifs (C(OH)–C–C–N with tert-alkyl or cyclic N) is 1. The Hall–Kier alpha value is -2.70. The molecule has 3 N–H and O–H groups in total. The predicted octanol–water partition coefficient (Wildman–Crippen LogP) is -1.64. The Morgan fingerprint density at radius 3 is 2.66 bits per heavy atom. The second-order valence-electron chi connectivity index (χ2n) is 9.44. The van der Waals surface area contributed by atoms with Gasteiger partial charge in [0.1, 0.15) is 5.82 Å². The van der Waals surface area contributed by atoms with Gasteiger partial charge in [-0.15, -0.1) is 0 Å². The number of carbonyl (C=O) groups excluding carboxylic acids is 1. The predicted molar refractivity (Wildman–Crippen MR) is 137 cm³/mol. The highest BCUT2D eigenvalue weighted by molar-refractivity contribution is 7.13. The molecule has 0 radical (unpaired) electrons. The molecule has 1 aromatic carbocycles. The third kappa shape index (κ3) is 5.00. The Balaban J connectivity index is 1.21. The summed E-state index contributed by atoms with van der Waals surface area (Å²) in [5.41, 5.74) is -0.681. The van der Waals surface area contributed by atoms with Gasteiger partial charge in [-0.3, -0.25) is 9.69 Å². The van der Waals surface area contributed by atoms with Gasteiger partial charge in [0.05, 0.1) is 15.8 Å². The van der Waals surface area contributed by atoms with Crippen LogP contribution in [0.2, 0.25) is 0 Å². The van der Waals surface area contributed by atoms with Gasteiger partial charge < -0.3 is 29.9 Å². The molecule has 1 fully saturated rings. The number of amides is 1. The molecule has 1 unspecified atom stereocenters. The molecule has 35 heavy (non-hydrogen) atoms. The molecule has 1 atom stereocenters. The van der Waals surface area contributed by atoms with Crippen molar-refractivity contribution < 1.29 is 24.9 Å². The molecular formula is C22H27B2N5O5S. The van der Waals surface area contributed by atoms with Crippen molar-refractivity contribution in [2.24, 2.45) is 0 Å². The summed E-state index contributed by atoms with van der Waals surface area (Å²) in [6.07, 6.45) is 1.32. The molecule has 182 valence electrons. The third-order valence-electron chi connectivity index (χ3n) is 6.49. The van der Waals surface area contributed by atoms with E-state index in [0.717, 1.165) is 39.8 Å². The number of anilines is 1. The number of aromatic nitrogens is 2. The van der Waals surface area contributed by atoms with Crippen molar-refractivity contribution in [3.8, 4) is 5.88 Å². The van der Waals surface area contributed by atoms with Crippen LogP contribution in [0.3, 0.4) is 0 Å². The Morgan fingerprint density at radius 1 is 1.17 bits per heavy atom. The second-order valence-corrected chi connectivity index (χ2v) is 10.2. The molecule has 2 aliphatic rings. The maximum atomic E-state index is 13.1. The molecule has 10 nitrogen and oxygen atoms in total. The van der Waals surface area contributed by atoms with Gasteiger partial charge >= 0.3 is 0 Å². The number of hydrogen-bond donors (Lipinski definition) is 3. The largest absolute Gasteiger partial charge is 0.431 e. The molecule has 0 aliphatic carbocycles. The van der Waals surface area contributed by atoms with E-state index in [9.17, 15) is 20.1 Å². The maximum absolute atomic E-state index is 13.1.